The minimum Gasteiger partial charge on any atom is -0.306 e. The monoisotopic (exact) mass is 385 g/mol. The number of halogens is 3. The smallest absolute Gasteiger partial charge is 0.306 e. The maximum absolute atomic E-state index is 12.9. The number of nitrogens with zero attached hydrogens (tertiary/aromatic N) is 2. The van der Waals surface area contributed by atoms with Crippen LogP contribution in [0.25, 0.3) is 0 Å². The summed E-state index contributed by atoms with van der Waals surface area (Å²) < 4.78 is 52.1. The Balaban J connectivity index is 1.97. The maximum Gasteiger partial charge on any atom is 0.416 e. The molecule has 0 bridgehead atoms. The molecule has 5 nitrogen and oxygen atoms in total. The first-order valence-electron chi connectivity index (χ1n) is 7.91. The number of hydrogen-bond donors (Lipinski definition) is 1. The van der Waals surface area contributed by atoms with Gasteiger partial charge in [0.15, 0.2) is 0 Å². The third kappa shape index (κ3) is 3.53. The number of alkyl halides is 3. The summed E-state index contributed by atoms with van der Waals surface area (Å²) in [5.41, 5.74) is -0.117. The number of nitrogens with one attached hydrogen (secondary N) is 1. The lowest BCUT2D eigenvalue weighted by atomic mass is 10.1. The van der Waals surface area contributed by atoms with Gasteiger partial charge in [0.05, 0.1) is 28.3 Å². The highest BCUT2D eigenvalue weighted by Crippen LogP contribution is 2.34. The summed E-state index contributed by atoms with van der Waals surface area (Å²) in [5, 5.41) is 7.12. The molecule has 0 fully saturated rings. The van der Waals surface area contributed by atoms with Gasteiger partial charge in [-0.3, -0.25) is 9.00 Å². The quantitative estimate of drug-likeness (QED) is 0.858. The van der Waals surface area contributed by atoms with Crippen LogP contribution >= 0.6 is 0 Å². The van der Waals surface area contributed by atoms with Crippen LogP contribution in [0.1, 0.15) is 48.0 Å². The Morgan fingerprint density at radius 2 is 1.92 bits per heavy atom. The maximum atomic E-state index is 12.9. The first kappa shape index (κ1) is 18.6. The van der Waals surface area contributed by atoms with Crippen LogP contribution in [0.4, 0.5) is 19.0 Å². The van der Waals surface area contributed by atoms with Crippen molar-refractivity contribution in [3.05, 3.63) is 46.6 Å². The highest BCUT2D eigenvalue weighted by Gasteiger charge is 2.33. The Morgan fingerprint density at radius 1 is 1.23 bits per heavy atom. The van der Waals surface area contributed by atoms with Gasteiger partial charge in [-0.15, -0.1) is 0 Å². The summed E-state index contributed by atoms with van der Waals surface area (Å²) in [6.45, 7) is 5.68. The van der Waals surface area contributed by atoms with Crippen LogP contribution in [0, 0.1) is 0 Å². The van der Waals surface area contributed by atoms with Crippen molar-refractivity contribution in [1.29, 1.82) is 0 Å². The second-order valence-electron chi connectivity index (χ2n) is 7.12. The van der Waals surface area contributed by atoms with Crippen molar-refractivity contribution in [2.24, 2.45) is 0 Å². The van der Waals surface area contributed by atoms with Crippen molar-refractivity contribution in [1.82, 2.24) is 9.78 Å². The molecule has 1 aliphatic heterocycles. The predicted molar refractivity (Wildman–Crippen MR) is 92.2 cm³/mol. The van der Waals surface area contributed by atoms with Crippen molar-refractivity contribution in [3.63, 3.8) is 0 Å². The molecule has 1 N–H and O–H groups in total. The number of amides is 1. The molecule has 0 spiro atoms. The van der Waals surface area contributed by atoms with Crippen molar-refractivity contribution in [2.75, 3.05) is 5.32 Å². The van der Waals surface area contributed by atoms with E-state index in [-0.39, 0.29) is 11.3 Å². The van der Waals surface area contributed by atoms with Crippen LogP contribution in [0.3, 0.4) is 0 Å². The third-order valence-corrected chi connectivity index (χ3v) is 5.20. The van der Waals surface area contributed by atoms with Gasteiger partial charge in [0, 0.05) is 21.9 Å². The van der Waals surface area contributed by atoms with Crippen LogP contribution in [-0.4, -0.2) is 19.9 Å². The van der Waals surface area contributed by atoms with E-state index >= 15 is 0 Å². The molecule has 0 saturated heterocycles. The first-order chi connectivity index (χ1) is 12.0. The molecule has 1 aromatic carbocycles. The second kappa shape index (κ2) is 6.22. The molecular formula is C17H18F3N3O2S. The van der Waals surface area contributed by atoms with Gasteiger partial charge in [-0.25, -0.2) is 4.68 Å². The summed E-state index contributed by atoms with van der Waals surface area (Å²) in [5.74, 6) is 0.303. The third-order valence-electron chi connectivity index (χ3n) is 3.99. The van der Waals surface area contributed by atoms with E-state index in [1.165, 1.54) is 12.1 Å². The summed E-state index contributed by atoms with van der Waals surface area (Å²) in [7, 11) is -1.08. The lowest BCUT2D eigenvalue weighted by Gasteiger charge is -2.23. The molecule has 3 rings (SSSR count). The molecule has 140 valence electrons. The number of rotatable bonds is 2. The van der Waals surface area contributed by atoms with Gasteiger partial charge in [0.25, 0.3) is 5.91 Å². The van der Waals surface area contributed by atoms with E-state index in [4.69, 9.17) is 0 Å². The molecule has 0 radical (unpaired) electrons. The van der Waals surface area contributed by atoms with E-state index in [0.29, 0.717) is 22.8 Å². The summed E-state index contributed by atoms with van der Waals surface area (Å²) in [6.07, 6.45) is -4.53. The fourth-order valence-electron chi connectivity index (χ4n) is 2.76. The van der Waals surface area contributed by atoms with Crippen LogP contribution < -0.4 is 5.32 Å². The van der Waals surface area contributed by atoms with Gasteiger partial charge in [-0.05, 0) is 39.0 Å². The average Bonchev–Trinajstić information content (AvgIpc) is 3.03. The molecular weight excluding hydrogens is 367 g/mol. The number of carbonyl (C=O) groups excluding carboxylic acids is 1. The molecule has 2 aromatic rings. The summed E-state index contributed by atoms with van der Waals surface area (Å²) in [6, 6.07) is 4.24. The van der Waals surface area contributed by atoms with Crippen molar-refractivity contribution in [2.45, 2.75) is 44.0 Å². The van der Waals surface area contributed by atoms with E-state index in [1.807, 2.05) is 20.8 Å². The van der Waals surface area contributed by atoms with Crippen LogP contribution in [0.2, 0.25) is 0 Å². The Kier molecular flexibility index (Phi) is 4.46. The standard InChI is InChI=1S/C17H18F3N3O2S/c1-16(2,3)23-14(12-8-26(25)9-13(12)22-23)21-15(24)10-5-4-6-11(7-10)17(18,19)20/h4-7H,8-9H2,1-3H3,(H,21,24)/t26-/m0/s1. The number of hydrogen-bond acceptors (Lipinski definition) is 3. The normalized spacial score (nSPS) is 17.2. The van der Waals surface area contributed by atoms with E-state index in [2.05, 4.69) is 10.4 Å². The highest BCUT2D eigenvalue weighted by atomic mass is 32.2. The van der Waals surface area contributed by atoms with Gasteiger partial charge in [-0.1, -0.05) is 6.07 Å². The van der Waals surface area contributed by atoms with E-state index in [9.17, 15) is 22.2 Å². The molecule has 0 unspecified atom stereocenters. The number of carbonyl (C=O) groups is 1. The molecule has 1 atom stereocenters. The molecule has 2 heterocycles. The van der Waals surface area contributed by atoms with Crippen LogP contribution in [-0.2, 0) is 34.0 Å². The van der Waals surface area contributed by atoms with Gasteiger partial charge < -0.3 is 5.32 Å². The molecule has 9 heteroatoms. The summed E-state index contributed by atoms with van der Waals surface area (Å²) in [4.78, 5) is 12.6. The fraction of sp³-hybridized carbons (Fsp3) is 0.412. The Bertz CT molecular complexity index is 898. The summed E-state index contributed by atoms with van der Waals surface area (Å²) >= 11 is 0. The second-order valence-corrected chi connectivity index (χ2v) is 8.57. The Morgan fingerprint density at radius 3 is 2.54 bits per heavy atom. The molecule has 0 aliphatic carbocycles. The first-order valence-corrected chi connectivity index (χ1v) is 9.40. The number of benzene rings is 1. The molecule has 1 aliphatic rings. The minimum atomic E-state index is -4.53. The van der Waals surface area contributed by atoms with Gasteiger partial charge in [0.2, 0.25) is 0 Å². The van der Waals surface area contributed by atoms with E-state index in [0.717, 1.165) is 12.1 Å². The van der Waals surface area contributed by atoms with Crippen LogP contribution in [0.5, 0.6) is 0 Å². The number of aromatic nitrogens is 2. The van der Waals surface area contributed by atoms with Gasteiger partial charge in [0.1, 0.15) is 5.82 Å². The van der Waals surface area contributed by atoms with Crippen molar-refractivity contribution >= 4 is 22.5 Å². The lowest BCUT2D eigenvalue weighted by Crippen LogP contribution is -2.27. The largest absolute Gasteiger partial charge is 0.416 e. The van der Waals surface area contributed by atoms with Crippen LogP contribution in [0.15, 0.2) is 24.3 Å². The Labute approximate surface area is 151 Å². The zero-order chi connectivity index (χ0) is 19.3. The van der Waals surface area contributed by atoms with E-state index in [1.54, 1.807) is 4.68 Å². The molecule has 26 heavy (non-hydrogen) atoms. The molecule has 1 amide bonds. The number of anilines is 1. The number of fused-ring (bicyclic) bond motifs is 1. The van der Waals surface area contributed by atoms with Crippen molar-refractivity contribution in [3.8, 4) is 0 Å². The van der Waals surface area contributed by atoms with Gasteiger partial charge >= 0.3 is 6.18 Å². The molecule has 1 aromatic heterocycles. The SMILES string of the molecule is CC(C)(C)n1nc2c(c1NC(=O)c1cccc(C(F)(F)F)c1)C[S@](=O)C2. The highest BCUT2D eigenvalue weighted by molar-refractivity contribution is 7.83. The zero-order valence-electron chi connectivity index (χ0n) is 14.5. The van der Waals surface area contributed by atoms with E-state index < -0.39 is 34.0 Å². The van der Waals surface area contributed by atoms with Gasteiger partial charge in [-0.2, -0.15) is 18.3 Å². The topological polar surface area (TPSA) is 64.0 Å². The van der Waals surface area contributed by atoms with Crippen molar-refractivity contribution < 1.29 is 22.2 Å². The minimum absolute atomic E-state index is 0.102. The molecule has 0 saturated carbocycles. The Hall–Kier alpha value is -2.16. The lowest BCUT2D eigenvalue weighted by molar-refractivity contribution is -0.137. The fourth-order valence-corrected chi connectivity index (χ4v) is 4.02. The average molecular weight is 385 g/mol. The predicted octanol–water partition coefficient (Wildman–Crippen LogP) is 3.67. The zero-order valence-corrected chi connectivity index (χ0v) is 15.3.